The van der Waals surface area contributed by atoms with Gasteiger partial charge in [0.05, 0.1) is 28.7 Å². The number of aliphatic imine (C=N–C) groups is 1. The zero-order chi connectivity index (χ0) is 22.5. The third-order valence-corrected chi connectivity index (χ3v) is 7.62. The van der Waals surface area contributed by atoms with Crippen molar-refractivity contribution in [2.45, 2.75) is 23.6 Å². The Morgan fingerprint density at radius 3 is 2.20 bits per heavy atom. The van der Waals surface area contributed by atoms with E-state index in [0.717, 1.165) is 16.7 Å². The summed E-state index contributed by atoms with van der Waals surface area (Å²) in [6.07, 6.45) is -10.2. The molecule has 2 fully saturated rings. The number of anilines is 1. The van der Waals surface area contributed by atoms with Gasteiger partial charge in [0.25, 0.3) is 5.91 Å². The maximum atomic E-state index is 13.2. The predicted molar refractivity (Wildman–Crippen MR) is 97.1 cm³/mol. The Kier molecular flexibility index (Phi) is 5.88. The average molecular weight is 476 g/mol. The summed E-state index contributed by atoms with van der Waals surface area (Å²) >= 11 is 0.825. The van der Waals surface area contributed by atoms with Crippen LogP contribution in [0.1, 0.15) is 11.1 Å². The highest BCUT2D eigenvalue weighted by atomic mass is 32.2. The first-order chi connectivity index (χ1) is 13.7. The standard InChI is InChI=1S/C16H14F6N2O4S2/c1-28-5-13(25)23-14-24(11-6-30(26,27)7-12(11)29-14)10-3-8(15(17,18)19)2-9(4-10)16(20,21)22/h2-4,11-12H,5-7H2,1H3/t11-,12+/m0/s1. The van der Waals surface area contributed by atoms with Crippen molar-refractivity contribution in [1.82, 2.24) is 0 Å². The zero-order valence-electron chi connectivity index (χ0n) is 15.1. The van der Waals surface area contributed by atoms with Gasteiger partial charge in [-0.05, 0) is 18.2 Å². The van der Waals surface area contributed by atoms with Crippen molar-refractivity contribution in [3.63, 3.8) is 0 Å². The second-order valence-electron chi connectivity index (χ2n) is 6.66. The van der Waals surface area contributed by atoms with E-state index < -0.39 is 68.6 Å². The van der Waals surface area contributed by atoms with Crippen molar-refractivity contribution in [3.8, 4) is 0 Å². The van der Waals surface area contributed by atoms with Crippen molar-refractivity contribution in [2.24, 2.45) is 4.99 Å². The zero-order valence-corrected chi connectivity index (χ0v) is 16.8. The minimum Gasteiger partial charge on any atom is -0.375 e. The van der Waals surface area contributed by atoms with Crippen LogP contribution >= 0.6 is 11.8 Å². The molecular formula is C16H14F6N2O4S2. The number of carbonyl (C=O) groups is 1. The molecule has 166 valence electrons. The molecule has 0 N–H and O–H groups in total. The third-order valence-electron chi connectivity index (χ3n) is 4.41. The van der Waals surface area contributed by atoms with E-state index in [1.54, 1.807) is 0 Å². The van der Waals surface area contributed by atoms with Gasteiger partial charge in [0.1, 0.15) is 6.61 Å². The van der Waals surface area contributed by atoms with Crippen LogP contribution in [-0.2, 0) is 31.7 Å². The smallest absolute Gasteiger partial charge is 0.375 e. The average Bonchev–Trinajstić information content (AvgIpc) is 3.03. The van der Waals surface area contributed by atoms with Crippen LogP contribution in [0.15, 0.2) is 23.2 Å². The molecule has 0 aliphatic carbocycles. The van der Waals surface area contributed by atoms with Gasteiger partial charge in [0.2, 0.25) is 0 Å². The quantitative estimate of drug-likeness (QED) is 0.625. The van der Waals surface area contributed by atoms with Gasteiger partial charge < -0.3 is 9.64 Å². The molecule has 14 heteroatoms. The Morgan fingerprint density at radius 1 is 1.13 bits per heavy atom. The SMILES string of the molecule is COCC(=O)N=C1S[C@@H]2CS(=O)(=O)C[C@@H]2N1c1cc(C(F)(F)F)cc(C(F)(F)F)c1. The summed E-state index contributed by atoms with van der Waals surface area (Å²) in [5.74, 6) is -1.63. The van der Waals surface area contributed by atoms with Gasteiger partial charge in [-0.15, -0.1) is 0 Å². The van der Waals surface area contributed by atoms with E-state index in [1.165, 1.54) is 7.11 Å². The number of amides is 1. The summed E-state index contributed by atoms with van der Waals surface area (Å²) in [5, 5.41) is -0.859. The highest BCUT2D eigenvalue weighted by molar-refractivity contribution is 8.16. The van der Waals surface area contributed by atoms with Crippen LogP contribution < -0.4 is 4.90 Å². The highest BCUT2D eigenvalue weighted by Crippen LogP contribution is 2.44. The Morgan fingerprint density at radius 2 is 1.70 bits per heavy atom. The number of amidine groups is 1. The van der Waals surface area contributed by atoms with Gasteiger partial charge >= 0.3 is 12.4 Å². The number of benzene rings is 1. The molecule has 1 aromatic carbocycles. The van der Waals surface area contributed by atoms with Gasteiger partial charge in [-0.3, -0.25) is 4.79 Å². The number of thioether (sulfide) groups is 1. The minimum atomic E-state index is -5.08. The number of alkyl halides is 6. The number of hydrogen-bond acceptors (Lipinski definition) is 5. The Bertz CT molecular complexity index is 958. The topological polar surface area (TPSA) is 76.0 Å². The number of methoxy groups -OCH3 is 1. The Hall–Kier alpha value is -1.80. The molecule has 3 rings (SSSR count). The maximum absolute atomic E-state index is 13.2. The fraction of sp³-hybridized carbons (Fsp3) is 0.500. The van der Waals surface area contributed by atoms with Crippen LogP contribution in [0.4, 0.5) is 32.0 Å². The van der Waals surface area contributed by atoms with Gasteiger partial charge in [0, 0.05) is 18.0 Å². The summed E-state index contributed by atoms with van der Waals surface area (Å²) in [5.41, 5.74) is -3.65. The predicted octanol–water partition coefficient (Wildman–Crippen LogP) is 2.97. The molecule has 1 aromatic rings. The van der Waals surface area contributed by atoms with E-state index in [0.29, 0.717) is 12.1 Å². The molecule has 0 unspecified atom stereocenters. The molecule has 30 heavy (non-hydrogen) atoms. The Labute approximate surface area is 171 Å². The highest BCUT2D eigenvalue weighted by Gasteiger charge is 2.50. The van der Waals surface area contributed by atoms with Gasteiger partial charge in [0.15, 0.2) is 15.0 Å². The van der Waals surface area contributed by atoms with Crippen molar-refractivity contribution in [3.05, 3.63) is 29.3 Å². The lowest BCUT2D eigenvalue weighted by atomic mass is 10.1. The van der Waals surface area contributed by atoms with Crippen LogP contribution in [0.3, 0.4) is 0 Å². The molecule has 0 saturated carbocycles. The van der Waals surface area contributed by atoms with E-state index in [9.17, 15) is 39.6 Å². The number of sulfone groups is 1. The van der Waals surface area contributed by atoms with Crippen molar-refractivity contribution in [1.29, 1.82) is 0 Å². The van der Waals surface area contributed by atoms with E-state index in [4.69, 9.17) is 0 Å². The van der Waals surface area contributed by atoms with Gasteiger partial charge in [-0.25, -0.2) is 8.42 Å². The first-order valence-corrected chi connectivity index (χ1v) is 11.0. The van der Waals surface area contributed by atoms with E-state index in [1.807, 2.05) is 0 Å². The number of rotatable bonds is 3. The van der Waals surface area contributed by atoms with Crippen molar-refractivity contribution < 1.29 is 44.3 Å². The van der Waals surface area contributed by atoms with Crippen LogP contribution in [0.2, 0.25) is 0 Å². The summed E-state index contributed by atoms with van der Waals surface area (Å²) in [7, 11) is -2.35. The minimum absolute atomic E-state index is 0.0253. The van der Waals surface area contributed by atoms with Crippen LogP contribution in [0.25, 0.3) is 0 Å². The monoisotopic (exact) mass is 476 g/mol. The first kappa shape index (κ1) is 22.9. The lowest BCUT2D eigenvalue weighted by Gasteiger charge is -2.26. The normalized spacial score (nSPS) is 25.0. The van der Waals surface area contributed by atoms with E-state index in [2.05, 4.69) is 9.73 Å². The number of nitrogens with zero attached hydrogens (tertiary/aromatic N) is 2. The number of halogens is 6. The molecule has 2 heterocycles. The molecule has 2 aliphatic heterocycles. The third kappa shape index (κ3) is 4.75. The van der Waals surface area contributed by atoms with Gasteiger partial charge in [-0.2, -0.15) is 31.3 Å². The summed E-state index contributed by atoms with van der Waals surface area (Å²) in [6.45, 7) is -0.456. The molecule has 2 saturated heterocycles. The van der Waals surface area contributed by atoms with Crippen LogP contribution in [0.5, 0.6) is 0 Å². The van der Waals surface area contributed by atoms with Crippen LogP contribution in [-0.4, -0.2) is 56.0 Å². The van der Waals surface area contributed by atoms with Crippen molar-refractivity contribution in [2.75, 3.05) is 30.1 Å². The number of hydrogen-bond donors (Lipinski definition) is 0. The van der Waals surface area contributed by atoms with Gasteiger partial charge in [-0.1, -0.05) is 11.8 Å². The summed E-state index contributed by atoms with van der Waals surface area (Å²) in [4.78, 5) is 16.5. The largest absolute Gasteiger partial charge is 0.416 e. The number of fused-ring (bicyclic) bond motifs is 1. The maximum Gasteiger partial charge on any atom is 0.416 e. The lowest BCUT2D eigenvalue weighted by molar-refractivity contribution is -0.143. The fourth-order valence-corrected chi connectivity index (χ4v) is 7.14. The fourth-order valence-electron chi connectivity index (χ4n) is 3.21. The molecule has 0 bridgehead atoms. The van der Waals surface area contributed by atoms with Crippen molar-refractivity contribution >= 4 is 38.4 Å². The second-order valence-corrected chi connectivity index (χ2v) is 10.0. The molecule has 0 aromatic heterocycles. The molecule has 1 amide bonds. The molecule has 0 radical (unpaired) electrons. The molecule has 0 spiro atoms. The number of ether oxygens (including phenoxy) is 1. The second kappa shape index (κ2) is 7.71. The molecule has 2 aliphatic rings. The summed E-state index contributed by atoms with van der Waals surface area (Å²) < 4.78 is 108. The molecular weight excluding hydrogens is 462 g/mol. The van der Waals surface area contributed by atoms with E-state index in [-0.39, 0.29) is 17.0 Å². The van der Waals surface area contributed by atoms with Crippen LogP contribution in [0, 0.1) is 0 Å². The number of carbonyl (C=O) groups excluding carboxylic acids is 1. The first-order valence-electron chi connectivity index (χ1n) is 8.27. The van der Waals surface area contributed by atoms with E-state index >= 15 is 0 Å². The molecule has 6 nitrogen and oxygen atoms in total. The molecule has 2 atom stereocenters. The lowest BCUT2D eigenvalue weighted by Crippen LogP contribution is -2.38. The summed E-state index contributed by atoms with van der Waals surface area (Å²) in [6, 6.07) is -0.0138. The Balaban J connectivity index is 2.16.